The van der Waals surface area contributed by atoms with Gasteiger partial charge in [-0.25, -0.2) is 9.67 Å². The molecular formula is C17H23N5O3. The molecule has 2 fully saturated rings. The Labute approximate surface area is 146 Å². The van der Waals surface area contributed by atoms with Crippen LogP contribution in [0.5, 0.6) is 0 Å². The molecule has 0 radical (unpaired) electrons. The van der Waals surface area contributed by atoms with Crippen molar-refractivity contribution in [2.75, 3.05) is 31.2 Å². The second-order valence-electron chi connectivity index (χ2n) is 7.01. The smallest absolute Gasteiger partial charge is 0.245 e. The van der Waals surface area contributed by atoms with Crippen molar-refractivity contribution in [2.24, 2.45) is 5.41 Å². The fourth-order valence-corrected chi connectivity index (χ4v) is 3.78. The van der Waals surface area contributed by atoms with Crippen molar-refractivity contribution in [2.45, 2.75) is 31.5 Å². The maximum Gasteiger partial charge on any atom is 0.245 e. The number of hydrogen-bond acceptors (Lipinski definition) is 7. The highest BCUT2D eigenvalue weighted by atomic mass is 16.5. The first-order valence-electron chi connectivity index (χ1n) is 8.67. The van der Waals surface area contributed by atoms with Crippen molar-refractivity contribution >= 4 is 5.95 Å². The van der Waals surface area contributed by atoms with E-state index in [9.17, 15) is 10.2 Å². The molecule has 4 heterocycles. The molecule has 0 aromatic carbocycles. The van der Waals surface area contributed by atoms with E-state index in [1.807, 2.05) is 23.1 Å². The molecule has 0 saturated carbocycles. The summed E-state index contributed by atoms with van der Waals surface area (Å²) < 4.78 is 7.12. The van der Waals surface area contributed by atoms with Crippen LogP contribution in [0.4, 0.5) is 5.95 Å². The number of aromatic nitrogens is 4. The van der Waals surface area contributed by atoms with Crippen molar-refractivity contribution in [1.82, 2.24) is 19.7 Å². The zero-order valence-corrected chi connectivity index (χ0v) is 14.0. The molecule has 2 aromatic rings. The molecular weight excluding hydrogens is 322 g/mol. The summed E-state index contributed by atoms with van der Waals surface area (Å²) in [5.41, 5.74) is -0.0778. The fraction of sp³-hybridized carbons (Fsp3) is 0.588. The number of nitrogens with zero attached hydrogens (tertiary/aromatic N) is 5. The lowest BCUT2D eigenvalue weighted by atomic mass is 9.75. The molecule has 0 unspecified atom stereocenters. The number of rotatable bonds is 2. The van der Waals surface area contributed by atoms with Crippen LogP contribution in [0.3, 0.4) is 0 Å². The Morgan fingerprint density at radius 1 is 1.12 bits per heavy atom. The molecule has 8 heteroatoms. The van der Waals surface area contributed by atoms with E-state index in [4.69, 9.17) is 4.74 Å². The SMILES string of the molecule is O[C@@H]1CN(c2ncn(-c3ccccn3)n2)CC2(CCOCC2)C[C@@H]1O. The highest BCUT2D eigenvalue weighted by Crippen LogP contribution is 2.39. The molecule has 2 aliphatic heterocycles. The maximum atomic E-state index is 10.3. The minimum Gasteiger partial charge on any atom is -0.390 e. The molecule has 1 spiro atoms. The highest BCUT2D eigenvalue weighted by Gasteiger charge is 2.42. The van der Waals surface area contributed by atoms with Gasteiger partial charge in [-0.05, 0) is 36.8 Å². The number of β-amino-alcohol motifs (C(OH)–C–C–N with tert-alkyl or cyclic N) is 1. The number of aliphatic hydroxyl groups excluding tert-OH is 2. The summed E-state index contributed by atoms with van der Waals surface area (Å²) in [6.07, 6.45) is 4.10. The highest BCUT2D eigenvalue weighted by molar-refractivity contribution is 5.32. The van der Waals surface area contributed by atoms with E-state index < -0.39 is 12.2 Å². The molecule has 25 heavy (non-hydrogen) atoms. The topological polar surface area (TPSA) is 96.5 Å². The Balaban J connectivity index is 1.61. The lowest BCUT2D eigenvalue weighted by Gasteiger charge is -2.39. The van der Waals surface area contributed by atoms with Crippen LogP contribution in [0.2, 0.25) is 0 Å². The maximum absolute atomic E-state index is 10.3. The van der Waals surface area contributed by atoms with Gasteiger partial charge in [-0.15, -0.1) is 5.10 Å². The van der Waals surface area contributed by atoms with Gasteiger partial charge in [-0.2, -0.15) is 4.98 Å². The number of hydrogen-bond donors (Lipinski definition) is 2. The number of ether oxygens (including phenoxy) is 1. The van der Waals surface area contributed by atoms with Crippen molar-refractivity contribution in [3.8, 4) is 5.82 Å². The van der Waals surface area contributed by atoms with E-state index in [1.54, 1.807) is 17.2 Å². The van der Waals surface area contributed by atoms with Gasteiger partial charge in [-0.1, -0.05) is 6.07 Å². The quantitative estimate of drug-likeness (QED) is 0.813. The third-order valence-electron chi connectivity index (χ3n) is 5.22. The van der Waals surface area contributed by atoms with Crippen LogP contribution in [0.1, 0.15) is 19.3 Å². The van der Waals surface area contributed by atoms with Crippen molar-refractivity contribution in [3.05, 3.63) is 30.7 Å². The van der Waals surface area contributed by atoms with E-state index in [-0.39, 0.29) is 5.41 Å². The molecule has 2 saturated heterocycles. The lowest BCUT2D eigenvalue weighted by Crippen LogP contribution is -2.41. The second-order valence-corrected chi connectivity index (χ2v) is 7.01. The summed E-state index contributed by atoms with van der Waals surface area (Å²) in [7, 11) is 0. The zero-order valence-electron chi connectivity index (χ0n) is 14.0. The van der Waals surface area contributed by atoms with Crippen LogP contribution in [0.25, 0.3) is 5.82 Å². The van der Waals surface area contributed by atoms with Gasteiger partial charge in [0, 0.05) is 32.5 Å². The first kappa shape index (κ1) is 16.4. The monoisotopic (exact) mass is 345 g/mol. The largest absolute Gasteiger partial charge is 0.390 e. The van der Waals surface area contributed by atoms with Gasteiger partial charge in [-0.3, -0.25) is 0 Å². The van der Waals surface area contributed by atoms with Gasteiger partial charge in [0.25, 0.3) is 0 Å². The molecule has 2 N–H and O–H groups in total. The molecule has 0 aliphatic carbocycles. The first-order valence-corrected chi connectivity index (χ1v) is 8.67. The van der Waals surface area contributed by atoms with Gasteiger partial charge in [0.15, 0.2) is 5.82 Å². The number of anilines is 1. The average Bonchev–Trinajstić information content (AvgIpc) is 3.08. The Morgan fingerprint density at radius 2 is 1.96 bits per heavy atom. The molecule has 2 atom stereocenters. The summed E-state index contributed by atoms with van der Waals surface area (Å²) in [4.78, 5) is 10.7. The van der Waals surface area contributed by atoms with Crippen LogP contribution in [-0.2, 0) is 4.74 Å². The van der Waals surface area contributed by atoms with Crippen molar-refractivity contribution in [1.29, 1.82) is 0 Å². The summed E-state index contributed by atoms with van der Waals surface area (Å²) >= 11 is 0. The molecule has 4 rings (SSSR count). The van der Waals surface area contributed by atoms with Crippen LogP contribution < -0.4 is 4.90 Å². The van der Waals surface area contributed by atoms with Gasteiger partial charge in [0.1, 0.15) is 6.33 Å². The summed E-state index contributed by atoms with van der Waals surface area (Å²) in [6, 6.07) is 5.61. The van der Waals surface area contributed by atoms with Gasteiger partial charge >= 0.3 is 0 Å². The second kappa shape index (κ2) is 6.70. The van der Waals surface area contributed by atoms with Crippen molar-refractivity contribution in [3.63, 3.8) is 0 Å². The fourth-order valence-electron chi connectivity index (χ4n) is 3.78. The van der Waals surface area contributed by atoms with E-state index in [2.05, 4.69) is 15.1 Å². The molecule has 2 aliphatic rings. The predicted molar refractivity (Wildman–Crippen MR) is 90.5 cm³/mol. The summed E-state index contributed by atoms with van der Waals surface area (Å²) in [6.45, 7) is 2.39. The van der Waals surface area contributed by atoms with Crippen LogP contribution >= 0.6 is 0 Å². The lowest BCUT2D eigenvalue weighted by molar-refractivity contribution is -0.0306. The van der Waals surface area contributed by atoms with Crippen LogP contribution in [0.15, 0.2) is 30.7 Å². The van der Waals surface area contributed by atoms with Gasteiger partial charge in [0.2, 0.25) is 5.95 Å². The number of pyridine rings is 1. The van der Waals surface area contributed by atoms with E-state index >= 15 is 0 Å². The van der Waals surface area contributed by atoms with Gasteiger partial charge < -0.3 is 19.8 Å². The normalized spacial score (nSPS) is 26.6. The Bertz CT molecular complexity index is 701. The van der Waals surface area contributed by atoms with Crippen molar-refractivity contribution < 1.29 is 14.9 Å². The predicted octanol–water partition coefficient (Wildman–Crippen LogP) is 0.391. The van der Waals surface area contributed by atoms with Crippen LogP contribution in [-0.4, -0.2) is 68.5 Å². The van der Waals surface area contributed by atoms with Crippen LogP contribution in [0, 0.1) is 5.41 Å². The Morgan fingerprint density at radius 3 is 2.72 bits per heavy atom. The minimum atomic E-state index is -0.816. The number of aliphatic hydroxyl groups is 2. The molecule has 2 aromatic heterocycles. The first-order chi connectivity index (χ1) is 12.2. The molecule has 8 nitrogen and oxygen atoms in total. The molecule has 0 amide bonds. The average molecular weight is 345 g/mol. The zero-order chi connectivity index (χ0) is 17.3. The summed E-state index contributed by atoms with van der Waals surface area (Å²) in [5, 5.41) is 25.2. The Kier molecular flexibility index (Phi) is 4.41. The summed E-state index contributed by atoms with van der Waals surface area (Å²) in [5.74, 6) is 1.24. The molecule has 0 bridgehead atoms. The third-order valence-corrected chi connectivity index (χ3v) is 5.22. The Hall–Kier alpha value is -2.03. The third kappa shape index (κ3) is 3.37. The van der Waals surface area contributed by atoms with E-state index in [0.717, 1.165) is 12.8 Å². The molecule has 134 valence electrons. The van der Waals surface area contributed by atoms with E-state index in [0.29, 0.717) is 44.5 Å². The van der Waals surface area contributed by atoms with Gasteiger partial charge in [0.05, 0.1) is 12.2 Å². The van der Waals surface area contributed by atoms with E-state index in [1.165, 1.54) is 0 Å². The standard InChI is InChI=1S/C17H23N5O3/c23-13-9-17(4-7-25-8-5-17)11-21(10-14(13)24)16-19-12-22(20-16)15-3-1-2-6-18-15/h1-3,6,12-14,23-24H,4-5,7-11H2/t13-,14+/m0/s1. The minimum absolute atomic E-state index is 0.0778.